The first-order valence-electron chi connectivity index (χ1n) is 32.1. The standard InChI is InChI=1S/C31H22NO.2C27H20NO/c1-31(2)28-24-14-20-9-4-3-8-19(20)13-22(24)16-32-17-33-25-15-21-12-11-18-7-5-6-10-23(18)26(21)29(31)27(25)30(28)32;1-27(2)24-20-10-6-4-8-18(20)14-28-15-29-21-13-17-12-11-16-7-3-5-9-19(16)22(17)25(27)23(21)26(24)28;1-27(2)24-20-10-6-5-9-18(20)13-22-23(24)26-25(27)21-12-17-8-4-3-7-16(17)11-19(21)14-28(26)15-29-22/h3-16H,17H2,1-2H3;2*3-14H,15H2,1-2H3/q3*+1. The average Bonchev–Trinajstić information content (AvgIpc) is 1.55. The van der Waals surface area contributed by atoms with E-state index in [1.165, 1.54) is 175 Å². The van der Waals surface area contributed by atoms with Crippen molar-refractivity contribution < 1.29 is 27.9 Å². The van der Waals surface area contributed by atoms with Crippen molar-refractivity contribution >= 4 is 108 Å². The van der Waals surface area contributed by atoms with Gasteiger partial charge in [-0.25, -0.2) is 0 Å². The number of pyridine rings is 3. The second kappa shape index (κ2) is 17.8. The third-order valence-electron chi connectivity index (χ3n) is 21.6. The molecule has 0 bridgehead atoms. The van der Waals surface area contributed by atoms with Crippen molar-refractivity contribution in [1.82, 2.24) is 0 Å². The molecule has 6 heterocycles. The molecular weight excluding hydrogens is 1110 g/mol. The molecule has 3 aliphatic heterocycles. The number of hydrogen-bond acceptors (Lipinski definition) is 3. The van der Waals surface area contributed by atoms with Gasteiger partial charge < -0.3 is 14.2 Å². The first kappa shape index (κ1) is 51.2. The molecule has 0 spiro atoms. The van der Waals surface area contributed by atoms with Crippen LogP contribution < -0.4 is 27.9 Å². The van der Waals surface area contributed by atoms with E-state index in [-0.39, 0.29) is 16.2 Å². The molecule has 0 radical (unpaired) electrons. The van der Waals surface area contributed by atoms with Crippen molar-refractivity contribution in [2.75, 3.05) is 0 Å². The van der Waals surface area contributed by atoms with Gasteiger partial charge in [-0.05, 0) is 157 Å². The molecule has 6 aliphatic rings. The van der Waals surface area contributed by atoms with E-state index in [4.69, 9.17) is 14.2 Å². The van der Waals surface area contributed by atoms with E-state index in [9.17, 15) is 0 Å². The fraction of sp³-hybridized carbons (Fsp3) is 0.141. The molecule has 22 rings (SSSR count). The monoisotopic (exact) mass is 1170 g/mol. The molecule has 6 nitrogen and oxygen atoms in total. The third-order valence-corrected chi connectivity index (χ3v) is 21.6. The van der Waals surface area contributed by atoms with Gasteiger partial charge in [-0.2, -0.15) is 13.7 Å². The zero-order valence-electron chi connectivity index (χ0n) is 51.6. The Labute approximate surface area is 526 Å². The van der Waals surface area contributed by atoms with Gasteiger partial charge in [-0.1, -0.05) is 205 Å². The summed E-state index contributed by atoms with van der Waals surface area (Å²) in [4.78, 5) is 0. The summed E-state index contributed by atoms with van der Waals surface area (Å²) in [5.41, 5.74) is 16.0. The molecule has 16 aromatic rings. The maximum Gasteiger partial charge on any atom is 0.292 e. The van der Waals surface area contributed by atoms with Crippen LogP contribution in [0.3, 0.4) is 0 Å². The summed E-state index contributed by atoms with van der Waals surface area (Å²) >= 11 is 0. The minimum atomic E-state index is -0.152. The van der Waals surface area contributed by atoms with E-state index in [0.717, 1.165) is 17.2 Å². The Morgan fingerprint density at radius 1 is 0.253 bits per heavy atom. The van der Waals surface area contributed by atoms with E-state index in [2.05, 4.69) is 286 Å². The van der Waals surface area contributed by atoms with Gasteiger partial charge in [-0.3, -0.25) is 0 Å². The minimum absolute atomic E-state index is 0.0995. The summed E-state index contributed by atoms with van der Waals surface area (Å²) in [7, 11) is 0. The van der Waals surface area contributed by atoms with Crippen molar-refractivity contribution in [3.8, 4) is 51.0 Å². The van der Waals surface area contributed by atoms with Crippen LogP contribution in [0.25, 0.3) is 141 Å². The van der Waals surface area contributed by atoms with Gasteiger partial charge in [-0.15, -0.1) is 0 Å². The number of nitrogens with zero attached hydrogens (tertiary/aromatic N) is 3. The van der Waals surface area contributed by atoms with Crippen LogP contribution in [0.4, 0.5) is 0 Å². The van der Waals surface area contributed by atoms with E-state index in [1.807, 2.05) is 0 Å². The van der Waals surface area contributed by atoms with E-state index < -0.39 is 0 Å². The molecular formula is C85H62N3O3+3. The van der Waals surface area contributed by atoms with Crippen molar-refractivity contribution in [2.45, 2.75) is 78.0 Å². The van der Waals surface area contributed by atoms with Crippen LogP contribution in [0.2, 0.25) is 0 Å². The normalized spacial score (nSPS) is 15.5. The molecule has 0 saturated heterocycles. The highest BCUT2D eigenvalue weighted by Crippen LogP contribution is 2.61. The second-order valence-electron chi connectivity index (χ2n) is 27.7. The molecule has 13 aromatic carbocycles. The van der Waals surface area contributed by atoms with Crippen LogP contribution in [0.1, 0.15) is 74.9 Å². The zero-order valence-corrected chi connectivity index (χ0v) is 51.6. The van der Waals surface area contributed by atoms with Crippen molar-refractivity contribution in [1.29, 1.82) is 0 Å². The summed E-state index contributed by atoms with van der Waals surface area (Å²) in [5, 5.41) is 26.1. The molecule has 0 saturated carbocycles. The largest absolute Gasteiger partial charge is 0.435 e. The number of hydrogen-bond donors (Lipinski definition) is 0. The highest BCUT2D eigenvalue weighted by Gasteiger charge is 2.51. The van der Waals surface area contributed by atoms with Crippen LogP contribution in [0.5, 0.6) is 17.2 Å². The SMILES string of the molecule is CC1(C)c2c3[n+](cc4cc5ccccc5cc24)COc2cc4ccc5ccccc5c4c1c2-3.CC1(C)c2c3[n+](cc4ccccc24)COc2cc4ccc5ccccc5c4c1c2-3.CC1(C)c2c3c(cc4ccccc24)OC[n+]2cc4cc5ccccc5cc4c1c2-3. The lowest BCUT2D eigenvalue weighted by atomic mass is 9.77. The molecule has 0 N–H and O–H groups in total. The average molecular weight is 1170 g/mol. The summed E-state index contributed by atoms with van der Waals surface area (Å²) in [6.07, 6.45) is 6.79. The minimum Gasteiger partial charge on any atom is -0.435 e. The van der Waals surface area contributed by atoms with E-state index >= 15 is 0 Å². The predicted octanol–water partition coefficient (Wildman–Crippen LogP) is 19.4. The van der Waals surface area contributed by atoms with Crippen molar-refractivity contribution in [2.24, 2.45) is 0 Å². The lowest BCUT2D eigenvalue weighted by Crippen LogP contribution is -2.41. The van der Waals surface area contributed by atoms with Gasteiger partial charge >= 0.3 is 0 Å². The van der Waals surface area contributed by atoms with Gasteiger partial charge in [0, 0.05) is 49.1 Å². The Balaban J connectivity index is 0.0000000953. The maximum absolute atomic E-state index is 6.38. The smallest absolute Gasteiger partial charge is 0.292 e. The highest BCUT2D eigenvalue weighted by atomic mass is 16.5. The Bertz CT molecular complexity index is 6060. The molecule has 0 amide bonds. The van der Waals surface area contributed by atoms with Gasteiger partial charge in [0.2, 0.25) is 17.1 Å². The van der Waals surface area contributed by atoms with Gasteiger partial charge in [0.25, 0.3) is 20.2 Å². The summed E-state index contributed by atoms with van der Waals surface area (Å²) in [5.74, 6) is 3.05. The fourth-order valence-corrected chi connectivity index (χ4v) is 17.9. The zero-order chi connectivity index (χ0) is 60.6. The Morgan fingerprint density at radius 3 is 1.01 bits per heavy atom. The van der Waals surface area contributed by atoms with Crippen LogP contribution in [-0.4, -0.2) is 0 Å². The summed E-state index contributed by atoms with van der Waals surface area (Å²) in [6, 6.07) is 77.4. The molecule has 3 aromatic heterocycles. The lowest BCUT2D eigenvalue weighted by molar-refractivity contribution is -0.716. The first-order chi connectivity index (χ1) is 44.4. The Kier molecular flexibility index (Phi) is 10.0. The Morgan fingerprint density at radius 2 is 0.560 bits per heavy atom. The molecule has 0 atom stereocenters. The van der Waals surface area contributed by atoms with Crippen molar-refractivity contribution in [3.05, 3.63) is 264 Å². The number of benzene rings is 13. The van der Waals surface area contributed by atoms with Crippen molar-refractivity contribution in [3.63, 3.8) is 0 Å². The van der Waals surface area contributed by atoms with Crippen LogP contribution in [0.15, 0.2) is 231 Å². The van der Waals surface area contributed by atoms with Crippen LogP contribution in [0, 0.1) is 0 Å². The topological polar surface area (TPSA) is 39.3 Å². The van der Waals surface area contributed by atoms with Gasteiger partial charge in [0.15, 0.2) is 18.6 Å². The van der Waals surface area contributed by atoms with E-state index in [0.29, 0.717) is 20.2 Å². The van der Waals surface area contributed by atoms with Crippen LogP contribution in [-0.2, 0) is 36.4 Å². The summed E-state index contributed by atoms with van der Waals surface area (Å²) < 4.78 is 25.9. The fourth-order valence-electron chi connectivity index (χ4n) is 17.9. The molecule has 432 valence electrons. The lowest BCUT2D eigenvalue weighted by Gasteiger charge is -2.24. The van der Waals surface area contributed by atoms with Crippen LogP contribution >= 0.6 is 0 Å². The molecule has 6 heteroatoms. The molecule has 91 heavy (non-hydrogen) atoms. The highest BCUT2D eigenvalue weighted by molar-refractivity contribution is 6.17. The number of rotatable bonds is 0. The molecule has 0 fully saturated rings. The quantitative estimate of drug-likeness (QED) is 0.0863. The number of ether oxygens (including phenoxy) is 3. The number of fused-ring (bicyclic) bond motifs is 18. The molecule has 0 unspecified atom stereocenters. The second-order valence-corrected chi connectivity index (χ2v) is 27.7. The maximum atomic E-state index is 6.38. The number of aromatic nitrogens is 3. The third kappa shape index (κ3) is 6.79. The predicted molar refractivity (Wildman–Crippen MR) is 370 cm³/mol. The van der Waals surface area contributed by atoms with Gasteiger partial charge in [0.1, 0.15) is 17.2 Å². The van der Waals surface area contributed by atoms with E-state index in [1.54, 1.807) is 0 Å². The molecule has 3 aliphatic carbocycles. The summed E-state index contributed by atoms with van der Waals surface area (Å²) in [6.45, 7) is 16.0. The first-order valence-corrected chi connectivity index (χ1v) is 32.1. The van der Waals surface area contributed by atoms with Gasteiger partial charge in [0.05, 0.1) is 16.7 Å². The Hall–Kier alpha value is -10.7.